The van der Waals surface area contributed by atoms with Gasteiger partial charge >= 0.3 is 5.97 Å². The van der Waals surface area contributed by atoms with Gasteiger partial charge in [-0.2, -0.15) is 0 Å². The minimum atomic E-state index is -2.63. The van der Waals surface area contributed by atoms with E-state index < -0.39 is 23.1 Å². The van der Waals surface area contributed by atoms with Gasteiger partial charge in [0.05, 0.1) is 36.8 Å². The smallest absolute Gasteiger partial charge is 0.342 e. The molecule has 0 spiro atoms. The van der Waals surface area contributed by atoms with Gasteiger partial charge in [0.1, 0.15) is 11.4 Å². The second-order valence-corrected chi connectivity index (χ2v) is 9.12. The Bertz CT molecular complexity index is 1130. The van der Waals surface area contributed by atoms with Crippen LogP contribution in [0.15, 0.2) is 34.8 Å². The highest BCUT2D eigenvalue weighted by Gasteiger charge is 2.42. The van der Waals surface area contributed by atoms with Gasteiger partial charge in [0.15, 0.2) is 0 Å². The Morgan fingerprint density at radius 1 is 1.31 bits per heavy atom. The molecule has 0 radical (unpaired) electrons. The molecule has 3 unspecified atom stereocenters. The van der Waals surface area contributed by atoms with Gasteiger partial charge in [-0.3, -0.25) is 9.35 Å². The molecule has 1 N–H and O–H groups in total. The van der Waals surface area contributed by atoms with Crippen LogP contribution in [0, 0.1) is 5.82 Å². The van der Waals surface area contributed by atoms with Crippen LogP contribution >= 0.6 is 15.9 Å². The van der Waals surface area contributed by atoms with Gasteiger partial charge in [-0.15, -0.1) is 0 Å². The molecule has 0 aliphatic carbocycles. The molecule has 4 rings (SSSR count). The molecule has 1 amide bonds. The molecule has 2 heterocycles. The van der Waals surface area contributed by atoms with E-state index in [1.165, 1.54) is 31.1 Å². The zero-order valence-electron chi connectivity index (χ0n) is 17.2. The Kier molecular flexibility index (Phi) is 6.35. The number of esters is 1. The van der Waals surface area contributed by atoms with E-state index in [9.17, 15) is 22.7 Å². The van der Waals surface area contributed by atoms with Crippen LogP contribution in [0.2, 0.25) is 0 Å². The van der Waals surface area contributed by atoms with Gasteiger partial charge in [-0.25, -0.2) is 17.7 Å². The minimum Gasteiger partial charge on any atom is -0.465 e. The molecule has 0 saturated carbocycles. The molecule has 8 nitrogen and oxygen atoms in total. The third-order valence-corrected chi connectivity index (χ3v) is 7.04. The van der Waals surface area contributed by atoms with Gasteiger partial charge in [-0.05, 0) is 52.2 Å². The molecule has 170 valence electrons. The summed E-state index contributed by atoms with van der Waals surface area (Å²) in [5.41, 5.74) is 1.25. The number of hydrogen-bond donors (Lipinski definition) is 1. The van der Waals surface area contributed by atoms with E-state index >= 15 is 0 Å². The van der Waals surface area contributed by atoms with Crippen molar-refractivity contribution in [3.63, 3.8) is 0 Å². The number of carbonyl (C=O) groups is 2. The number of ether oxygens (including phenoxy) is 2. The molecule has 1 saturated heterocycles. The fourth-order valence-electron chi connectivity index (χ4n) is 4.34. The van der Waals surface area contributed by atoms with E-state index in [0.29, 0.717) is 12.3 Å². The van der Waals surface area contributed by atoms with E-state index in [4.69, 9.17) is 9.47 Å². The summed E-state index contributed by atoms with van der Waals surface area (Å²) >= 11 is 0.580. The third kappa shape index (κ3) is 3.83. The molecule has 1 fully saturated rings. The summed E-state index contributed by atoms with van der Waals surface area (Å²) in [5.74, 6) is -1.64. The summed E-state index contributed by atoms with van der Waals surface area (Å²) in [6.07, 6.45) is 0.528. The summed E-state index contributed by atoms with van der Waals surface area (Å²) in [7, 11) is 1.20. The van der Waals surface area contributed by atoms with Crippen molar-refractivity contribution in [2.24, 2.45) is 0 Å². The standard InChI is InChI=1S/C21H20BrFN2O6S/c1-11(26)24-10-18-13(7-8-31-18)14-4-6-17(19(20(14)24)21(27)30-2)25(32(28)29)16-5-3-12(23)9-15(16)22/h3-6,9,13,18H,7-8,10H2,1-2H3,(H,28,29). The summed E-state index contributed by atoms with van der Waals surface area (Å²) in [5, 5.41) is 0. The Morgan fingerprint density at radius 3 is 2.66 bits per heavy atom. The van der Waals surface area contributed by atoms with Crippen molar-refractivity contribution >= 4 is 56.1 Å². The maximum absolute atomic E-state index is 13.6. The first kappa shape index (κ1) is 22.8. The lowest BCUT2D eigenvalue weighted by Crippen LogP contribution is -2.43. The zero-order chi connectivity index (χ0) is 23.2. The quantitative estimate of drug-likeness (QED) is 0.479. The van der Waals surface area contributed by atoms with Gasteiger partial charge in [0.2, 0.25) is 5.91 Å². The van der Waals surface area contributed by atoms with Gasteiger partial charge < -0.3 is 14.4 Å². The fourth-order valence-corrected chi connectivity index (χ4v) is 5.64. The van der Waals surface area contributed by atoms with Crippen LogP contribution in [0.5, 0.6) is 0 Å². The number of benzene rings is 2. The second-order valence-electron chi connectivity index (χ2n) is 7.44. The predicted molar refractivity (Wildman–Crippen MR) is 120 cm³/mol. The maximum Gasteiger partial charge on any atom is 0.342 e. The summed E-state index contributed by atoms with van der Waals surface area (Å²) in [4.78, 5) is 27.0. The van der Waals surface area contributed by atoms with Crippen molar-refractivity contribution < 1.29 is 32.2 Å². The number of anilines is 3. The summed E-state index contributed by atoms with van der Waals surface area (Å²) < 4.78 is 48.2. The lowest BCUT2D eigenvalue weighted by molar-refractivity contribution is -0.117. The van der Waals surface area contributed by atoms with Crippen molar-refractivity contribution in [1.82, 2.24) is 0 Å². The average molecular weight is 527 g/mol. The first-order chi connectivity index (χ1) is 15.2. The minimum absolute atomic E-state index is 0.0239. The van der Waals surface area contributed by atoms with Crippen LogP contribution in [0.1, 0.15) is 35.2 Å². The number of carbonyl (C=O) groups excluding carboxylic acids is 2. The lowest BCUT2D eigenvalue weighted by Gasteiger charge is -2.38. The summed E-state index contributed by atoms with van der Waals surface area (Å²) in [6, 6.07) is 6.87. The van der Waals surface area contributed by atoms with E-state index in [1.807, 2.05) is 0 Å². The van der Waals surface area contributed by atoms with Crippen LogP contribution in [-0.2, 0) is 25.5 Å². The maximum atomic E-state index is 13.6. The van der Waals surface area contributed by atoms with Gasteiger partial charge in [0.25, 0.3) is 11.3 Å². The van der Waals surface area contributed by atoms with Crippen LogP contribution in [-0.4, -0.2) is 47.0 Å². The van der Waals surface area contributed by atoms with E-state index in [2.05, 4.69) is 15.9 Å². The van der Waals surface area contributed by atoms with Crippen LogP contribution in [0.3, 0.4) is 0 Å². The molecule has 0 bridgehead atoms. The topological polar surface area (TPSA) is 96.4 Å². The van der Waals surface area contributed by atoms with Crippen LogP contribution in [0.25, 0.3) is 0 Å². The SMILES string of the molecule is COC(=O)c1c(N(c2ccc(F)cc2Br)S(=O)O)ccc2c1N(C(C)=O)CC1OCCC21. The molecule has 32 heavy (non-hydrogen) atoms. The highest BCUT2D eigenvalue weighted by Crippen LogP contribution is 2.48. The molecule has 2 aromatic rings. The lowest BCUT2D eigenvalue weighted by atomic mass is 9.84. The molecular weight excluding hydrogens is 507 g/mol. The Balaban J connectivity index is 2.01. The molecular formula is C21H20BrFN2O6S. The number of rotatable bonds is 4. The van der Waals surface area contributed by atoms with Crippen molar-refractivity contribution in [3.8, 4) is 0 Å². The first-order valence-corrected chi connectivity index (χ1v) is 11.6. The Hall–Kier alpha value is -2.34. The van der Waals surface area contributed by atoms with Crippen molar-refractivity contribution in [1.29, 1.82) is 0 Å². The number of hydrogen-bond acceptors (Lipinski definition) is 5. The Labute approximate surface area is 194 Å². The molecule has 2 aromatic carbocycles. The van der Waals surface area contributed by atoms with Crippen molar-refractivity contribution in [3.05, 3.63) is 51.7 Å². The number of fused-ring (bicyclic) bond motifs is 3. The monoisotopic (exact) mass is 526 g/mol. The number of nitrogens with zero attached hydrogens (tertiary/aromatic N) is 2. The Morgan fingerprint density at radius 2 is 2.03 bits per heavy atom. The van der Waals surface area contributed by atoms with Gasteiger partial charge in [-0.1, -0.05) is 6.07 Å². The molecule has 3 atom stereocenters. The summed E-state index contributed by atoms with van der Waals surface area (Å²) in [6.45, 7) is 2.17. The third-order valence-electron chi connectivity index (χ3n) is 5.70. The van der Waals surface area contributed by atoms with Crippen molar-refractivity contribution in [2.75, 3.05) is 29.5 Å². The number of methoxy groups -OCH3 is 1. The second kappa shape index (κ2) is 8.89. The van der Waals surface area contributed by atoms with E-state index in [1.54, 1.807) is 6.07 Å². The van der Waals surface area contributed by atoms with Crippen LogP contribution < -0.4 is 9.21 Å². The molecule has 0 aromatic heterocycles. The van der Waals surface area contributed by atoms with Crippen LogP contribution in [0.4, 0.5) is 21.5 Å². The number of halogens is 2. The average Bonchev–Trinajstić information content (AvgIpc) is 3.22. The van der Waals surface area contributed by atoms with Crippen molar-refractivity contribution in [2.45, 2.75) is 25.4 Å². The van der Waals surface area contributed by atoms with E-state index in [-0.39, 0.29) is 45.9 Å². The van der Waals surface area contributed by atoms with Gasteiger partial charge in [0, 0.05) is 23.9 Å². The molecule has 2 aliphatic heterocycles. The highest BCUT2D eigenvalue weighted by atomic mass is 79.9. The largest absolute Gasteiger partial charge is 0.465 e. The zero-order valence-corrected chi connectivity index (χ0v) is 19.6. The van der Waals surface area contributed by atoms with E-state index in [0.717, 1.165) is 28.4 Å². The fraction of sp³-hybridized carbons (Fsp3) is 0.333. The predicted octanol–water partition coefficient (Wildman–Crippen LogP) is 3.89. The number of amides is 1. The highest BCUT2D eigenvalue weighted by molar-refractivity contribution is 9.10. The normalized spacial score (nSPS) is 20.3. The molecule has 2 aliphatic rings. The molecule has 11 heteroatoms. The first-order valence-electron chi connectivity index (χ1n) is 9.75.